The van der Waals surface area contributed by atoms with Crippen molar-refractivity contribution in [3.05, 3.63) is 63.9 Å². The standard InChI is InChI=1S/C26H31Cl2N5O2/c1-17(2)24(26(34)35-3)31-25-19-6-4-5-7-22(19)29-23(30-25)16-33-12-10-32(11-13-33)15-18-8-9-20(27)21(28)14-18/h4-9,14,17,24H,10-13,15-16H2,1-3H3,(H,29,30,31)/t24-/m0/s1. The Morgan fingerprint density at radius 3 is 2.34 bits per heavy atom. The first-order valence-corrected chi connectivity index (χ1v) is 12.6. The average Bonchev–Trinajstić information content (AvgIpc) is 2.85. The van der Waals surface area contributed by atoms with E-state index in [9.17, 15) is 4.79 Å². The van der Waals surface area contributed by atoms with Crippen LogP contribution < -0.4 is 5.32 Å². The van der Waals surface area contributed by atoms with Crippen LogP contribution in [0.4, 0.5) is 5.82 Å². The third-order valence-electron chi connectivity index (χ3n) is 6.28. The van der Waals surface area contributed by atoms with E-state index < -0.39 is 6.04 Å². The van der Waals surface area contributed by atoms with Gasteiger partial charge >= 0.3 is 5.97 Å². The smallest absolute Gasteiger partial charge is 0.328 e. The minimum atomic E-state index is -0.490. The minimum absolute atomic E-state index is 0.0447. The van der Waals surface area contributed by atoms with E-state index in [1.807, 2.05) is 56.3 Å². The van der Waals surface area contributed by atoms with E-state index in [0.29, 0.717) is 22.4 Å². The maximum absolute atomic E-state index is 12.3. The van der Waals surface area contributed by atoms with Crippen molar-refractivity contribution in [2.45, 2.75) is 33.0 Å². The summed E-state index contributed by atoms with van der Waals surface area (Å²) in [5.74, 6) is 1.13. The fraction of sp³-hybridized carbons (Fsp3) is 0.423. The van der Waals surface area contributed by atoms with E-state index in [1.165, 1.54) is 7.11 Å². The number of para-hydroxylation sites is 1. The van der Waals surface area contributed by atoms with Gasteiger partial charge in [0.2, 0.25) is 0 Å². The third kappa shape index (κ3) is 6.41. The number of benzene rings is 2. The summed E-state index contributed by atoms with van der Waals surface area (Å²) in [5.41, 5.74) is 2.01. The number of ether oxygens (including phenoxy) is 1. The van der Waals surface area contributed by atoms with Crippen LogP contribution in [0.2, 0.25) is 10.0 Å². The number of rotatable bonds is 8. The van der Waals surface area contributed by atoms with Gasteiger partial charge in [-0.05, 0) is 35.7 Å². The summed E-state index contributed by atoms with van der Waals surface area (Å²) in [5, 5.41) is 5.38. The number of fused-ring (bicyclic) bond motifs is 1. The Bertz CT molecular complexity index is 1180. The van der Waals surface area contributed by atoms with E-state index >= 15 is 0 Å². The summed E-state index contributed by atoms with van der Waals surface area (Å²) in [6, 6.07) is 13.2. The first kappa shape index (κ1) is 25.6. The quantitative estimate of drug-likeness (QED) is 0.429. The van der Waals surface area contributed by atoms with Gasteiger partial charge in [0.1, 0.15) is 17.7 Å². The largest absolute Gasteiger partial charge is 0.467 e. The number of aromatic nitrogens is 2. The maximum atomic E-state index is 12.3. The lowest BCUT2D eigenvalue weighted by molar-refractivity contribution is -0.142. The molecule has 1 N–H and O–H groups in total. The molecular formula is C26H31Cl2N5O2. The summed E-state index contributed by atoms with van der Waals surface area (Å²) in [6.45, 7) is 9.16. The molecule has 0 saturated carbocycles. The van der Waals surface area contributed by atoms with Crippen LogP contribution in [0.5, 0.6) is 0 Å². The summed E-state index contributed by atoms with van der Waals surface area (Å²) in [4.78, 5) is 26.7. The lowest BCUT2D eigenvalue weighted by Gasteiger charge is -2.34. The van der Waals surface area contributed by atoms with Crippen LogP contribution in [0.1, 0.15) is 25.2 Å². The molecule has 4 rings (SSSR count). The van der Waals surface area contributed by atoms with Crippen LogP contribution >= 0.6 is 23.2 Å². The van der Waals surface area contributed by atoms with Crippen LogP contribution in [-0.2, 0) is 22.6 Å². The molecule has 2 aromatic carbocycles. The van der Waals surface area contributed by atoms with Crippen molar-refractivity contribution in [3.63, 3.8) is 0 Å². The van der Waals surface area contributed by atoms with Crippen LogP contribution in [0.25, 0.3) is 10.9 Å². The number of piperazine rings is 1. The van der Waals surface area contributed by atoms with E-state index in [2.05, 4.69) is 15.1 Å². The van der Waals surface area contributed by atoms with Crippen molar-refractivity contribution in [1.82, 2.24) is 19.8 Å². The van der Waals surface area contributed by atoms with Gasteiger partial charge in [0.15, 0.2) is 0 Å². The number of esters is 1. The Kier molecular flexibility index (Phi) is 8.44. The van der Waals surface area contributed by atoms with Crippen molar-refractivity contribution in [1.29, 1.82) is 0 Å². The first-order chi connectivity index (χ1) is 16.8. The van der Waals surface area contributed by atoms with E-state index in [4.69, 9.17) is 37.9 Å². The summed E-state index contributed by atoms with van der Waals surface area (Å²) >= 11 is 12.2. The predicted octanol–water partition coefficient (Wildman–Crippen LogP) is 4.86. The molecule has 186 valence electrons. The van der Waals surface area contributed by atoms with Gasteiger partial charge in [-0.15, -0.1) is 0 Å². The zero-order chi connectivity index (χ0) is 24.9. The molecule has 35 heavy (non-hydrogen) atoms. The van der Waals surface area contributed by atoms with Gasteiger partial charge in [0, 0.05) is 38.1 Å². The van der Waals surface area contributed by atoms with Crippen LogP contribution in [0.3, 0.4) is 0 Å². The molecule has 0 radical (unpaired) electrons. The molecule has 2 heterocycles. The molecule has 0 spiro atoms. The van der Waals surface area contributed by atoms with Gasteiger partial charge in [-0.1, -0.05) is 55.2 Å². The molecule has 0 amide bonds. The van der Waals surface area contributed by atoms with Gasteiger partial charge in [0.05, 0.1) is 29.2 Å². The topological polar surface area (TPSA) is 70.6 Å². The summed E-state index contributed by atoms with van der Waals surface area (Å²) in [7, 11) is 1.41. The average molecular weight is 516 g/mol. The highest BCUT2D eigenvalue weighted by atomic mass is 35.5. The van der Waals surface area contributed by atoms with Crippen LogP contribution in [-0.4, -0.2) is 65.1 Å². The Balaban J connectivity index is 1.45. The van der Waals surface area contributed by atoms with E-state index in [0.717, 1.165) is 55.0 Å². The molecule has 0 aliphatic carbocycles. The number of carbonyl (C=O) groups is 1. The Morgan fingerprint density at radius 2 is 1.69 bits per heavy atom. The monoisotopic (exact) mass is 515 g/mol. The zero-order valence-corrected chi connectivity index (χ0v) is 21.8. The van der Waals surface area contributed by atoms with Gasteiger partial charge in [-0.25, -0.2) is 14.8 Å². The van der Waals surface area contributed by atoms with Crippen molar-refractivity contribution in [3.8, 4) is 0 Å². The molecule has 1 aromatic heterocycles. The van der Waals surface area contributed by atoms with E-state index in [-0.39, 0.29) is 11.9 Å². The molecule has 1 saturated heterocycles. The summed E-state index contributed by atoms with van der Waals surface area (Å²) in [6.07, 6.45) is 0. The molecule has 3 aromatic rings. The Morgan fingerprint density at radius 1 is 1.00 bits per heavy atom. The molecule has 1 fully saturated rings. The molecule has 1 aliphatic rings. The van der Waals surface area contributed by atoms with Crippen molar-refractivity contribution in [2.24, 2.45) is 5.92 Å². The van der Waals surface area contributed by atoms with Crippen molar-refractivity contribution < 1.29 is 9.53 Å². The van der Waals surface area contributed by atoms with Crippen LogP contribution in [0, 0.1) is 5.92 Å². The normalized spacial score (nSPS) is 15.9. The number of halogens is 2. The lowest BCUT2D eigenvalue weighted by atomic mass is 10.0. The van der Waals surface area contributed by atoms with Crippen molar-refractivity contribution >= 4 is 45.9 Å². The van der Waals surface area contributed by atoms with Crippen LogP contribution in [0.15, 0.2) is 42.5 Å². The number of nitrogens with one attached hydrogen (secondary N) is 1. The lowest BCUT2D eigenvalue weighted by Crippen LogP contribution is -2.45. The number of methoxy groups -OCH3 is 1. The van der Waals surface area contributed by atoms with Gasteiger partial charge in [0.25, 0.3) is 0 Å². The molecule has 7 nitrogen and oxygen atoms in total. The number of nitrogens with zero attached hydrogens (tertiary/aromatic N) is 4. The SMILES string of the molecule is COC(=O)[C@@H](Nc1nc(CN2CCN(Cc3ccc(Cl)c(Cl)c3)CC2)nc2ccccc12)C(C)C. The molecule has 1 atom stereocenters. The molecule has 1 aliphatic heterocycles. The van der Waals surface area contributed by atoms with Crippen molar-refractivity contribution in [2.75, 3.05) is 38.6 Å². The van der Waals surface area contributed by atoms with E-state index in [1.54, 1.807) is 0 Å². The number of hydrogen-bond donors (Lipinski definition) is 1. The molecule has 0 bridgehead atoms. The van der Waals surface area contributed by atoms with Gasteiger partial charge in [-0.2, -0.15) is 0 Å². The molecular weight excluding hydrogens is 485 g/mol. The fourth-order valence-electron chi connectivity index (χ4n) is 4.28. The van der Waals surface area contributed by atoms with Gasteiger partial charge < -0.3 is 10.1 Å². The number of anilines is 1. The fourth-order valence-corrected chi connectivity index (χ4v) is 4.60. The predicted molar refractivity (Wildman–Crippen MR) is 141 cm³/mol. The second-order valence-electron chi connectivity index (χ2n) is 9.20. The molecule has 9 heteroatoms. The summed E-state index contributed by atoms with van der Waals surface area (Å²) < 4.78 is 5.00. The second-order valence-corrected chi connectivity index (χ2v) is 10.0. The highest BCUT2D eigenvalue weighted by Gasteiger charge is 2.25. The first-order valence-electron chi connectivity index (χ1n) is 11.8. The zero-order valence-electron chi connectivity index (χ0n) is 20.3. The number of carbonyl (C=O) groups excluding carboxylic acids is 1. The highest BCUT2D eigenvalue weighted by molar-refractivity contribution is 6.42. The van der Waals surface area contributed by atoms with Gasteiger partial charge in [-0.3, -0.25) is 9.80 Å². The third-order valence-corrected chi connectivity index (χ3v) is 7.02. The Labute approximate surface area is 216 Å². The maximum Gasteiger partial charge on any atom is 0.328 e. The highest BCUT2D eigenvalue weighted by Crippen LogP contribution is 2.25. The number of hydrogen-bond acceptors (Lipinski definition) is 7. The second kappa shape index (κ2) is 11.5. The Hall–Kier alpha value is -2.45. The minimum Gasteiger partial charge on any atom is -0.467 e. The molecule has 0 unspecified atom stereocenters.